The minimum absolute atomic E-state index is 0.162. The first kappa shape index (κ1) is 19.2. The van der Waals surface area contributed by atoms with E-state index in [-0.39, 0.29) is 11.7 Å². The van der Waals surface area contributed by atoms with Gasteiger partial charge in [0.25, 0.3) is 6.20 Å². The number of pyridine rings is 1. The Morgan fingerprint density at radius 2 is 2.11 bits per heavy atom. The van der Waals surface area contributed by atoms with Crippen molar-refractivity contribution in [1.29, 1.82) is 0 Å². The van der Waals surface area contributed by atoms with Gasteiger partial charge in [-0.15, -0.1) is 0 Å². The van der Waals surface area contributed by atoms with Gasteiger partial charge >= 0.3 is 11.8 Å². The van der Waals surface area contributed by atoms with Gasteiger partial charge in [0.1, 0.15) is 11.3 Å². The summed E-state index contributed by atoms with van der Waals surface area (Å²) < 4.78 is 5.95. The van der Waals surface area contributed by atoms with Gasteiger partial charge in [0.15, 0.2) is 5.69 Å². The first-order valence-corrected chi connectivity index (χ1v) is 9.32. The largest absolute Gasteiger partial charge is 0.618 e. The molecule has 0 spiro atoms. The number of ether oxygens (including phenoxy) is 1. The van der Waals surface area contributed by atoms with Gasteiger partial charge in [0.2, 0.25) is 0 Å². The van der Waals surface area contributed by atoms with E-state index < -0.39 is 16.6 Å². The van der Waals surface area contributed by atoms with Crippen LogP contribution in [0.1, 0.15) is 51.3 Å². The number of hydrogen-bond acceptors (Lipinski definition) is 6. The van der Waals surface area contributed by atoms with Crippen LogP contribution in [-0.2, 0) is 17.6 Å². The molecule has 27 heavy (non-hydrogen) atoms. The quantitative estimate of drug-likeness (QED) is 0.373. The Balaban J connectivity index is 1.83. The van der Waals surface area contributed by atoms with E-state index in [0.29, 0.717) is 42.0 Å². The number of carbonyl (C=O) groups is 1. The summed E-state index contributed by atoms with van der Waals surface area (Å²) in [5.74, 6) is 0. The van der Waals surface area contributed by atoms with Crippen LogP contribution in [0.2, 0.25) is 0 Å². The zero-order chi connectivity index (χ0) is 19.8. The summed E-state index contributed by atoms with van der Waals surface area (Å²) in [6, 6.07) is -0.162. The van der Waals surface area contributed by atoms with Gasteiger partial charge in [-0.25, -0.2) is 4.79 Å². The number of piperidine rings is 1. The van der Waals surface area contributed by atoms with Crippen molar-refractivity contribution in [2.24, 2.45) is 0 Å². The van der Waals surface area contributed by atoms with Crippen LogP contribution in [0.3, 0.4) is 0 Å². The van der Waals surface area contributed by atoms with Crippen molar-refractivity contribution in [1.82, 2.24) is 5.32 Å². The molecule has 1 aromatic rings. The molecule has 1 amide bonds. The van der Waals surface area contributed by atoms with Crippen LogP contribution in [0, 0.1) is 15.3 Å². The lowest BCUT2D eigenvalue weighted by Gasteiger charge is -2.35. The highest BCUT2D eigenvalue weighted by atomic mass is 16.6. The second-order valence-corrected chi connectivity index (χ2v) is 8.16. The molecule has 1 aliphatic heterocycles. The van der Waals surface area contributed by atoms with Gasteiger partial charge in [-0.1, -0.05) is 0 Å². The van der Waals surface area contributed by atoms with E-state index in [1.54, 1.807) is 20.8 Å². The van der Waals surface area contributed by atoms with E-state index in [0.717, 1.165) is 31.0 Å². The number of nitrogens with zero attached hydrogens (tertiary/aromatic N) is 3. The van der Waals surface area contributed by atoms with Gasteiger partial charge in [0.05, 0.1) is 10.5 Å². The lowest BCUT2D eigenvalue weighted by Crippen LogP contribution is -2.49. The SMILES string of the molecule is CC(C)(C)OC(=O)NC1CCCN(c2c([N+](=O)[O-])c[n+]([O-])c3c2CCC3)C1. The molecule has 1 N–H and O–H groups in total. The lowest BCUT2D eigenvalue weighted by molar-refractivity contribution is -0.617. The Labute approximate surface area is 158 Å². The summed E-state index contributed by atoms with van der Waals surface area (Å²) in [6.45, 7) is 6.51. The lowest BCUT2D eigenvalue weighted by atomic mass is 10.0. The minimum atomic E-state index is -0.584. The molecule has 1 atom stereocenters. The Kier molecular flexibility index (Phi) is 5.12. The number of alkyl carbamates (subject to hydrolysis) is 1. The predicted octanol–water partition coefficient (Wildman–Crippen LogP) is 2.21. The monoisotopic (exact) mass is 378 g/mol. The van der Waals surface area contributed by atoms with Crippen LogP contribution in [0.25, 0.3) is 0 Å². The summed E-state index contributed by atoms with van der Waals surface area (Å²) in [5, 5.41) is 26.6. The highest BCUT2D eigenvalue weighted by Crippen LogP contribution is 2.38. The fourth-order valence-corrected chi connectivity index (χ4v) is 3.89. The third-order valence-corrected chi connectivity index (χ3v) is 4.88. The maximum Gasteiger partial charge on any atom is 0.407 e. The van der Waals surface area contributed by atoms with E-state index in [2.05, 4.69) is 5.32 Å². The number of amides is 1. The second kappa shape index (κ2) is 7.21. The summed E-state index contributed by atoms with van der Waals surface area (Å²) in [4.78, 5) is 25.1. The van der Waals surface area contributed by atoms with E-state index >= 15 is 0 Å². The summed E-state index contributed by atoms with van der Waals surface area (Å²) >= 11 is 0. The van der Waals surface area contributed by atoms with Crippen molar-refractivity contribution in [3.8, 4) is 0 Å². The summed E-state index contributed by atoms with van der Waals surface area (Å²) in [5.41, 5.74) is 1.19. The van der Waals surface area contributed by atoms with Crippen LogP contribution >= 0.6 is 0 Å². The molecule has 3 rings (SSSR count). The molecule has 1 aliphatic carbocycles. The van der Waals surface area contributed by atoms with E-state index in [9.17, 15) is 20.1 Å². The molecule has 148 valence electrons. The smallest absolute Gasteiger partial charge is 0.407 e. The average molecular weight is 378 g/mol. The van der Waals surface area contributed by atoms with Crippen molar-refractivity contribution in [3.63, 3.8) is 0 Å². The first-order valence-electron chi connectivity index (χ1n) is 9.32. The van der Waals surface area contributed by atoms with Crippen molar-refractivity contribution in [3.05, 3.63) is 32.8 Å². The van der Waals surface area contributed by atoms with Gasteiger partial charge in [-0.3, -0.25) is 10.1 Å². The molecule has 1 unspecified atom stereocenters. The first-order chi connectivity index (χ1) is 12.7. The standard InChI is InChI=1S/C18H26N4O5/c1-18(2,3)27-17(23)19-12-6-5-9-20(10-12)16-13-7-4-8-14(13)21(24)11-15(16)22(25)26/h11-12H,4-10H2,1-3H3,(H,19,23). The van der Waals surface area contributed by atoms with Gasteiger partial charge in [0, 0.05) is 25.6 Å². The molecule has 0 radical (unpaired) electrons. The zero-order valence-electron chi connectivity index (χ0n) is 16.0. The third kappa shape index (κ3) is 4.23. The summed E-state index contributed by atoms with van der Waals surface area (Å²) in [6.07, 6.45) is 4.27. The second-order valence-electron chi connectivity index (χ2n) is 8.16. The molecule has 0 saturated carbocycles. The number of carbonyl (C=O) groups excluding carboxylic acids is 1. The van der Waals surface area contributed by atoms with Crippen LogP contribution in [0.5, 0.6) is 0 Å². The molecule has 2 aliphatic rings. The van der Waals surface area contributed by atoms with E-state index in [4.69, 9.17) is 4.74 Å². The third-order valence-electron chi connectivity index (χ3n) is 4.88. The number of fused-ring (bicyclic) bond motifs is 1. The number of rotatable bonds is 3. The molecule has 9 nitrogen and oxygen atoms in total. The van der Waals surface area contributed by atoms with Crippen molar-refractivity contribution in [2.75, 3.05) is 18.0 Å². The fraction of sp³-hybridized carbons (Fsp3) is 0.667. The molecule has 1 saturated heterocycles. The molecule has 0 aromatic carbocycles. The average Bonchev–Trinajstić information content (AvgIpc) is 3.03. The number of hydrogen-bond donors (Lipinski definition) is 1. The van der Waals surface area contributed by atoms with E-state index in [1.807, 2.05) is 4.90 Å². The topological polar surface area (TPSA) is 112 Å². The van der Waals surface area contributed by atoms with Gasteiger partial charge in [-0.05, 0) is 46.5 Å². The Morgan fingerprint density at radius 1 is 1.37 bits per heavy atom. The molecule has 0 bridgehead atoms. The van der Waals surface area contributed by atoms with E-state index in [1.165, 1.54) is 0 Å². The Hall–Kier alpha value is -2.58. The van der Waals surface area contributed by atoms with Crippen LogP contribution in [-0.4, -0.2) is 35.7 Å². The normalized spacial score (nSPS) is 19.5. The molecule has 2 heterocycles. The number of anilines is 1. The Morgan fingerprint density at radius 3 is 2.78 bits per heavy atom. The summed E-state index contributed by atoms with van der Waals surface area (Å²) in [7, 11) is 0. The highest BCUT2D eigenvalue weighted by molar-refractivity contribution is 5.70. The van der Waals surface area contributed by atoms with Crippen molar-refractivity contribution >= 4 is 17.5 Å². The maximum atomic E-state index is 12.1. The van der Waals surface area contributed by atoms with Crippen LogP contribution in [0.4, 0.5) is 16.2 Å². The van der Waals surface area contributed by atoms with Crippen molar-refractivity contribution < 1.29 is 19.2 Å². The van der Waals surface area contributed by atoms with Gasteiger partial charge in [-0.2, -0.15) is 4.73 Å². The van der Waals surface area contributed by atoms with Crippen LogP contribution < -0.4 is 14.9 Å². The molecular formula is C18H26N4O5. The minimum Gasteiger partial charge on any atom is -0.618 e. The van der Waals surface area contributed by atoms with Gasteiger partial charge < -0.3 is 20.2 Å². The Bertz CT molecular complexity index is 759. The maximum absolute atomic E-state index is 12.1. The van der Waals surface area contributed by atoms with Crippen LogP contribution in [0.15, 0.2) is 6.20 Å². The fourth-order valence-electron chi connectivity index (χ4n) is 3.89. The number of nitro groups is 1. The molecule has 1 fully saturated rings. The highest BCUT2D eigenvalue weighted by Gasteiger charge is 2.36. The zero-order valence-corrected chi connectivity index (χ0v) is 16.0. The van der Waals surface area contributed by atoms with Crippen molar-refractivity contribution in [2.45, 2.75) is 64.5 Å². The molecular weight excluding hydrogens is 352 g/mol. The number of nitrogens with one attached hydrogen (secondary N) is 1. The number of aromatic nitrogens is 1. The molecule has 9 heteroatoms. The molecule has 1 aromatic heterocycles. The predicted molar refractivity (Wildman–Crippen MR) is 98.7 cm³/mol.